The molecule has 1 amide bonds. The Morgan fingerprint density at radius 2 is 2.18 bits per heavy atom. The lowest BCUT2D eigenvalue weighted by Crippen LogP contribution is -2.30. The van der Waals surface area contributed by atoms with Gasteiger partial charge in [-0.15, -0.1) is 0 Å². The fraction of sp³-hybridized carbons (Fsp3) is 0.462. The number of amides is 1. The third kappa shape index (κ3) is 3.80. The van der Waals surface area contributed by atoms with Gasteiger partial charge in [-0.1, -0.05) is 20.3 Å². The maximum Gasteiger partial charge on any atom is 0.253 e. The SMILES string of the molecule is CCC(C)CN(C)C(=O)c1ccc(F)c(Br)c1. The molecule has 0 bridgehead atoms. The van der Waals surface area contributed by atoms with Crippen molar-refractivity contribution < 1.29 is 9.18 Å². The maximum absolute atomic E-state index is 13.1. The minimum atomic E-state index is -0.355. The molecule has 0 radical (unpaired) electrons. The average molecular weight is 302 g/mol. The molecule has 1 aromatic carbocycles. The first-order chi connectivity index (χ1) is 7.95. The molecule has 0 saturated heterocycles. The van der Waals surface area contributed by atoms with E-state index >= 15 is 0 Å². The molecule has 0 heterocycles. The molecule has 0 saturated carbocycles. The highest BCUT2D eigenvalue weighted by Crippen LogP contribution is 2.18. The van der Waals surface area contributed by atoms with E-state index in [1.54, 1.807) is 11.9 Å². The van der Waals surface area contributed by atoms with Crippen LogP contribution in [0, 0.1) is 11.7 Å². The molecule has 0 aliphatic carbocycles. The molecule has 1 rings (SSSR count). The van der Waals surface area contributed by atoms with Crippen LogP contribution in [0.5, 0.6) is 0 Å². The van der Waals surface area contributed by atoms with Crippen molar-refractivity contribution in [2.75, 3.05) is 13.6 Å². The summed E-state index contributed by atoms with van der Waals surface area (Å²) < 4.78 is 13.4. The fourth-order valence-electron chi connectivity index (χ4n) is 1.53. The van der Waals surface area contributed by atoms with E-state index in [0.717, 1.165) is 6.42 Å². The first kappa shape index (κ1) is 14.2. The molecule has 2 nitrogen and oxygen atoms in total. The van der Waals surface area contributed by atoms with Crippen LogP contribution >= 0.6 is 15.9 Å². The molecule has 0 aromatic heterocycles. The van der Waals surface area contributed by atoms with Gasteiger partial charge in [0.25, 0.3) is 5.91 Å². The molecule has 0 N–H and O–H groups in total. The van der Waals surface area contributed by atoms with E-state index in [4.69, 9.17) is 0 Å². The predicted octanol–water partition coefficient (Wildman–Crippen LogP) is 3.71. The number of rotatable bonds is 4. The first-order valence-corrected chi connectivity index (χ1v) is 6.45. The van der Waals surface area contributed by atoms with Crippen LogP contribution in [0.15, 0.2) is 22.7 Å². The number of nitrogens with zero attached hydrogens (tertiary/aromatic N) is 1. The van der Waals surface area contributed by atoms with Gasteiger partial charge in [0.15, 0.2) is 0 Å². The lowest BCUT2D eigenvalue weighted by molar-refractivity contribution is 0.0775. The minimum Gasteiger partial charge on any atom is -0.341 e. The summed E-state index contributed by atoms with van der Waals surface area (Å²) in [5.41, 5.74) is 0.504. The zero-order valence-corrected chi connectivity index (χ0v) is 11.9. The van der Waals surface area contributed by atoms with Crippen molar-refractivity contribution in [2.45, 2.75) is 20.3 Å². The van der Waals surface area contributed by atoms with Gasteiger partial charge in [0.2, 0.25) is 0 Å². The summed E-state index contributed by atoms with van der Waals surface area (Å²) in [7, 11) is 1.77. The number of hydrogen-bond donors (Lipinski definition) is 0. The molecule has 4 heteroatoms. The van der Waals surface area contributed by atoms with Crippen LogP contribution in [0.1, 0.15) is 30.6 Å². The average Bonchev–Trinajstić information content (AvgIpc) is 2.31. The van der Waals surface area contributed by atoms with Gasteiger partial charge in [-0.05, 0) is 40.0 Å². The van der Waals surface area contributed by atoms with Crippen LogP contribution in [0.25, 0.3) is 0 Å². The third-order valence-electron chi connectivity index (χ3n) is 2.80. The zero-order chi connectivity index (χ0) is 13.0. The second-order valence-electron chi connectivity index (χ2n) is 4.33. The van der Waals surface area contributed by atoms with Crippen molar-refractivity contribution in [1.82, 2.24) is 4.90 Å². The quantitative estimate of drug-likeness (QED) is 0.830. The number of benzene rings is 1. The molecule has 1 unspecified atom stereocenters. The Morgan fingerprint density at radius 1 is 1.53 bits per heavy atom. The van der Waals surface area contributed by atoms with Gasteiger partial charge in [-0.25, -0.2) is 4.39 Å². The van der Waals surface area contributed by atoms with E-state index in [1.165, 1.54) is 18.2 Å². The minimum absolute atomic E-state index is 0.0778. The van der Waals surface area contributed by atoms with E-state index in [0.29, 0.717) is 22.5 Å². The van der Waals surface area contributed by atoms with Crippen LogP contribution in [-0.2, 0) is 0 Å². The summed E-state index contributed by atoms with van der Waals surface area (Å²) in [6.45, 7) is 4.91. The predicted molar refractivity (Wildman–Crippen MR) is 70.5 cm³/mol. The molecule has 0 aliphatic rings. The van der Waals surface area contributed by atoms with E-state index in [9.17, 15) is 9.18 Å². The van der Waals surface area contributed by atoms with E-state index in [2.05, 4.69) is 29.8 Å². The standard InChI is InChI=1S/C13H17BrFNO/c1-4-9(2)8-16(3)13(17)10-5-6-12(15)11(14)7-10/h5-7,9H,4,8H2,1-3H3. The second kappa shape index (κ2) is 6.15. The smallest absolute Gasteiger partial charge is 0.253 e. The van der Waals surface area contributed by atoms with Crippen LogP contribution in [0.4, 0.5) is 4.39 Å². The van der Waals surface area contributed by atoms with Gasteiger partial charge in [0.05, 0.1) is 4.47 Å². The number of hydrogen-bond acceptors (Lipinski definition) is 1. The van der Waals surface area contributed by atoms with E-state index < -0.39 is 0 Å². The van der Waals surface area contributed by atoms with Crippen LogP contribution in [0.3, 0.4) is 0 Å². The van der Waals surface area contributed by atoms with Crippen molar-refractivity contribution >= 4 is 21.8 Å². The molecule has 0 aliphatic heterocycles. The van der Waals surface area contributed by atoms with Gasteiger partial charge >= 0.3 is 0 Å². The third-order valence-corrected chi connectivity index (χ3v) is 3.40. The van der Waals surface area contributed by atoms with Crippen molar-refractivity contribution in [2.24, 2.45) is 5.92 Å². The normalized spacial score (nSPS) is 12.3. The lowest BCUT2D eigenvalue weighted by Gasteiger charge is -2.21. The summed E-state index contributed by atoms with van der Waals surface area (Å²) in [5, 5.41) is 0. The Morgan fingerprint density at radius 3 is 2.71 bits per heavy atom. The number of carbonyl (C=O) groups is 1. The molecule has 17 heavy (non-hydrogen) atoms. The monoisotopic (exact) mass is 301 g/mol. The van der Waals surface area contributed by atoms with Gasteiger partial charge in [-0.3, -0.25) is 4.79 Å². The van der Waals surface area contributed by atoms with Gasteiger partial charge < -0.3 is 4.90 Å². The second-order valence-corrected chi connectivity index (χ2v) is 5.18. The largest absolute Gasteiger partial charge is 0.341 e. The Bertz CT molecular complexity index is 408. The van der Waals surface area contributed by atoms with E-state index in [1.807, 2.05) is 0 Å². The molecule has 94 valence electrons. The van der Waals surface area contributed by atoms with Gasteiger partial charge in [0, 0.05) is 19.2 Å². The molecule has 0 spiro atoms. The summed E-state index contributed by atoms with van der Waals surface area (Å²) in [6.07, 6.45) is 1.03. The lowest BCUT2D eigenvalue weighted by atomic mass is 10.1. The molecular weight excluding hydrogens is 285 g/mol. The van der Waals surface area contributed by atoms with Crippen molar-refractivity contribution in [3.8, 4) is 0 Å². The Balaban J connectivity index is 2.78. The number of carbonyl (C=O) groups excluding carboxylic acids is 1. The molecule has 0 fully saturated rings. The summed E-state index contributed by atoms with van der Waals surface area (Å²) >= 11 is 3.08. The van der Waals surface area contributed by atoms with Crippen LogP contribution < -0.4 is 0 Å². The van der Waals surface area contributed by atoms with Crippen LogP contribution in [0.2, 0.25) is 0 Å². The van der Waals surface area contributed by atoms with Gasteiger partial charge in [0.1, 0.15) is 5.82 Å². The summed E-state index contributed by atoms with van der Waals surface area (Å²) in [5.74, 6) is 0.0324. The molecule has 1 atom stereocenters. The van der Waals surface area contributed by atoms with Crippen molar-refractivity contribution in [1.29, 1.82) is 0 Å². The highest BCUT2D eigenvalue weighted by atomic mass is 79.9. The van der Waals surface area contributed by atoms with Crippen molar-refractivity contribution in [3.05, 3.63) is 34.1 Å². The van der Waals surface area contributed by atoms with Gasteiger partial charge in [-0.2, -0.15) is 0 Å². The topological polar surface area (TPSA) is 20.3 Å². The number of halogens is 2. The summed E-state index contributed by atoms with van der Waals surface area (Å²) in [6, 6.07) is 4.33. The highest BCUT2D eigenvalue weighted by Gasteiger charge is 2.14. The maximum atomic E-state index is 13.1. The Hall–Kier alpha value is -0.900. The van der Waals surface area contributed by atoms with E-state index in [-0.39, 0.29) is 11.7 Å². The van der Waals surface area contributed by atoms with Crippen molar-refractivity contribution in [3.63, 3.8) is 0 Å². The first-order valence-electron chi connectivity index (χ1n) is 5.66. The zero-order valence-electron chi connectivity index (χ0n) is 10.3. The Labute approximate surface area is 110 Å². The molecular formula is C13H17BrFNO. The Kier molecular flexibility index (Phi) is 5.12. The fourth-order valence-corrected chi connectivity index (χ4v) is 1.91. The van der Waals surface area contributed by atoms with Crippen LogP contribution in [-0.4, -0.2) is 24.4 Å². The highest BCUT2D eigenvalue weighted by molar-refractivity contribution is 9.10. The molecule has 1 aromatic rings. The summed E-state index contributed by atoms with van der Waals surface area (Å²) in [4.78, 5) is 13.7.